The van der Waals surface area contributed by atoms with Gasteiger partial charge in [0.25, 0.3) is 11.4 Å². The summed E-state index contributed by atoms with van der Waals surface area (Å²) in [6.45, 7) is 3.82. The van der Waals surface area contributed by atoms with Gasteiger partial charge in [-0.15, -0.1) is 0 Å². The average molecular weight is 581 g/mol. The van der Waals surface area contributed by atoms with Crippen LogP contribution in [0.15, 0.2) is 75.8 Å². The Bertz CT molecular complexity index is 1820. The van der Waals surface area contributed by atoms with E-state index in [-0.39, 0.29) is 22.5 Å². The lowest BCUT2D eigenvalue weighted by atomic mass is 9.96. The molecule has 0 saturated carbocycles. The number of hydrogen-bond acceptors (Lipinski definition) is 9. The SMILES string of the molecule is CCOc1cc(C=c2sc3n(c2=O)C(c2ccccc2)C(C(=O)OC)=C(C)N=3)ccc1Oc1nc(Cl)ncc1F. The monoisotopic (exact) mass is 580 g/mol. The number of benzene rings is 2. The van der Waals surface area contributed by atoms with E-state index < -0.39 is 17.8 Å². The second kappa shape index (κ2) is 11.4. The van der Waals surface area contributed by atoms with Crippen molar-refractivity contribution in [1.82, 2.24) is 14.5 Å². The van der Waals surface area contributed by atoms with Gasteiger partial charge in [-0.2, -0.15) is 9.37 Å². The van der Waals surface area contributed by atoms with E-state index in [0.717, 1.165) is 11.8 Å². The van der Waals surface area contributed by atoms with Gasteiger partial charge in [0, 0.05) is 0 Å². The van der Waals surface area contributed by atoms with Gasteiger partial charge < -0.3 is 14.2 Å². The maximum atomic E-state index is 14.1. The summed E-state index contributed by atoms with van der Waals surface area (Å²) in [5.41, 5.74) is 1.84. The minimum Gasteiger partial charge on any atom is -0.490 e. The van der Waals surface area contributed by atoms with Gasteiger partial charge in [0.1, 0.15) is 0 Å². The van der Waals surface area contributed by atoms with Crippen LogP contribution in [-0.4, -0.2) is 34.2 Å². The first-order chi connectivity index (χ1) is 19.3. The molecule has 2 aromatic heterocycles. The Kier molecular flexibility index (Phi) is 7.76. The molecule has 1 aliphatic rings. The van der Waals surface area contributed by atoms with E-state index in [9.17, 15) is 14.0 Å². The number of esters is 1. The molecule has 0 aliphatic carbocycles. The zero-order chi connectivity index (χ0) is 28.4. The smallest absolute Gasteiger partial charge is 0.338 e. The van der Waals surface area contributed by atoms with Gasteiger partial charge in [-0.3, -0.25) is 9.36 Å². The van der Waals surface area contributed by atoms with Crippen LogP contribution < -0.4 is 24.4 Å². The number of halogens is 2. The van der Waals surface area contributed by atoms with E-state index in [0.29, 0.717) is 38.5 Å². The first-order valence-corrected chi connectivity index (χ1v) is 13.3. The Morgan fingerprint density at radius 2 is 1.98 bits per heavy atom. The predicted octanol–water partition coefficient (Wildman–Crippen LogP) is 4.18. The number of fused-ring (bicyclic) bond motifs is 1. The molecular weight excluding hydrogens is 559 g/mol. The molecular formula is C28H22ClFN4O5S. The van der Waals surface area contributed by atoms with Gasteiger partial charge in [-0.05, 0) is 54.8 Å². The minimum atomic E-state index is -0.786. The summed E-state index contributed by atoms with van der Waals surface area (Å²) >= 11 is 6.98. The summed E-state index contributed by atoms with van der Waals surface area (Å²) in [5, 5.41) is -0.166. The second-order valence-electron chi connectivity index (χ2n) is 8.52. The second-order valence-corrected chi connectivity index (χ2v) is 9.86. The lowest BCUT2D eigenvalue weighted by Gasteiger charge is -2.24. The van der Waals surface area contributed by atoms with E-state index in [2.05, 4.69) is 15.0 Å². The zero-order valence-electron chi connectivity index (χ0n) is 21.6. The molecule has 1 atom stereocenters. The Morgan fingerprint density at radius 1 is 1.20 bits per heavy atom. The van der Waals surface area contributed by atoms with Crippen LogP contribution in [0.3, 0.4) is 0 Å². The molecule has 0 amide bonds. The third kappa shape index (κ3) is 5.25. The number of nitrogens with zero attached hydrogens (tertiary/aromatic N) is 4. The summed E-state index contributed by atoms with van der Waals surface area (Å²) < 4.78 is 32.4. The number of carbonyl (C=O) groups is 1. The number of aromatic nitrogens is 3. The standard InChI is InChI=1S/C28H22ClFN4O5S/c1-4-38-20-12-16(10-11-19(20)39-24-18(30)14-31-27(29)33-24)13-21-25(35)34-23(17-8-6-5-7-9-17)22(26(36)37-3)15(2)32-28(34)40-21/h5-14,23H,4H2,1-3H3. The number of rotatable bonds is 7. The fourth-order valence-corrected chi connectivity index (χ4v) is 5.44. The van der Waals surface area contributed by atoms with Gasteiger partial charge in [0.2, 0.25) is 11.1 Å². The molecule has 1 unspecified atom stereocenters. The summed E-state index contributed by atoms with van der Waals surface area (Å²) in [6, 6.07) is 13.5. The van der Waals surface area contributed by atoms with Crippen molar-refractivity contribution in [1.29, 1.82) is 0 Å². The molecule has 3 heterocycles. The van der Waals surface area contributed by atoms with Crippen LogP contribution in [0.1, 0.15) is 31.0 Å². The van der Waals surface area contributed by atoms with Gasteiger partial charge in [0.15, 0.2) is 16.3 Å². The van der Waals surface area contributed by atoms with Crippen molar-refractivity contribution in [3.8, 4) is 17.4 Å². The number of methoxy groups -OCH3 is 1. The number of allylic oxidation sites excluding steroid dienone is 1. The third-order valence-electron chi connectivity index (χ3n) is 6.00. The van der Waals surface area contributed by atoms with Crippen LogP contribution in [0, 0.1) is 5.82 Å². The van der Waals surface area contributed by atoms with E-state index in [1.807, 2.05) is 30.3 Å². The maximum absolute atomic E-state index is 14.1. The van der Waals surface area contributed by atoms with Crippen molar-refractivity contribution in [3.63, 3.8) is 0 Å². The van der Waals surface area contributed by atoms with Gasteiger partial charge in [-0.1, -0.05) is 47.7 Å². The normalized spacial score (nSPS) is 14.9. The Hall–Kier alpha value is -4.35. The van der Waals surface area contributed by atoms with Crippen molar-refractivity contribution in [2.45, 2.75) is 19.9 Å². The fourth-order valence-electron chi connectivity index (χ4n) is 4.27. The van der Waals surface area contributed by atoms with E-state index >= 15 is 0 Å². The quantitative estimate of drug-likeness (QED) is 0.238. The highest BCUT2D eigenvalue weighted by atomic mass is 35.5. The number of carbonyl (C=O) groups excluding carboxylic acids is 1. The lowest BCUT2D eigenvalue weighted by Crippen LogP contribution is -2.39. The van der Waals surface area contributed by atoms with Crippen molar-refractivity contribution < 1.29 is 23.4 Å². The van der Waals surface area contributed by atoms with Gasteiger partial charge >= 0.3 is 5.97 Å². The van der Waals surface area contributed by atoms with Gasteiger partial charge in [0.05, 0.1) is 41.8 Å². The molecule has 0 spiro atoms. The maximum Gasteiger partial charge on any atom is 0.338 e. The molecule has 12 heteroatoms. The van der Waals surface area contributed by atoms with Crippen LogP contribution >= 0.6 is 22.9 Å². The molecule has 0 N–H and O–H groups in total. The molecule has 2 aromatic carbocycles. The highest BCUT2D eigenvalue weighted by Gasteiger charge is 2.32. The third-order valence-corrected chi connectivity index (χ3v) is 7.16. The lowest BCUT2D eigenvalue weighted by molar-refractivity contribution is -0.136. The molecule has 40 heavy (non-hydrogen) atoms. The van der Waals surface area contributed by atoms with Gasteiger partial charge in [-0.25, -0.2) is 14.8 Å². The molecule has 9 nitrogen and oxygen atoms in total. The van der Waals surface area contributed by atoms with Crippen LogP contribution in [-0.2, 0) is 9.53 Å². The Morgan fingerprint density at radius 3 is 2.70 bits per heavy atom. The Labute approximate surface area is 236 Å². The number of hydrogen-bond donors (Lipinski definition) is 0. The molecule has 1 aliphatic heterocycles. The summed E-state index contributed by atoms with van der Waals surface area (Å²) in [7, 11) is 1.30. The largest absolute Gasteiger partial charge is 0.490 e. The number of ether oxygens (including phenoxy) is 3. The van der Waals surface area contributed by atoms with Crippen molar-refractivity contribution in [3.05, 3.63) is 108 Å². The van der Waals surface area contributed by atoms with Crippen molar-refractivity contribution in [2.24, 2.45) is 4.99 Å². The summed E-state index contributed by atoms with van der Waals surface area (Å²) in [5.74, 6) is -1.17. The highest BCUT2D eigenvalue weighted by molar-refractivity contribution is 7.07. The van der Waals surface area contributed by atoms with Crippen LogP contribution in [0.25, 0.3) is 6.08 Å². The molecule has 0 bridgehead atoms. The summed E-state index contributed by atoms with van der Waals surface area (Å²) in [6.07, 6.45) is 2.60. The van der Waals surface area contributed by atoms with Crippen molar-refractivity contribution in [2.75, 3.05) is 13.7 Å². The Balaban J connectivity index is 1.60. The predicted molar refractivity (Wildman–Crippen MR) is 147 cm³/mol. The molecule has 0 fully saturated rings. The number of thiazole rings is 1. The zero-order valence-corrected chi connectivity index (χ0v) is 23.1. The summed E-state index contributed by atoms with van der Waals surface area (Å²) in [4.78, 5) is 38.9. The first-order valence-electron chi connectivity index (χ1n) is 12.1. The topological polar surface area (TPSA) is 105 Å². The highest BCUT2D eigenvalue weighted by Crippen LogP contribution is 2.34. The molecule has 0 radical (unpaired) electrons. The van der Waals surface area contributed by atoms with Crippen LogP contribution in [0.5, 0.6) is 17.4 Å². The van der Waals surface area contributed by atoms with Crippen LogP contribution in [0.2, 0.25) is 5.28 Å². The van der Waals surface area contributed by atoms with E-state index in [4.69, 9.17) is 25.8 Å². The molecule has 204 valence electrons. The molecule has 0 saturated heterocycles. The van der Waals surface area contributed by atoms with Crippen molar-refractivity contribution >= 4 is 35.0 Å². The van der Waals surface area contributed by atoms with E-state index in [1.165, 1.54) is 23.0 Å². The van der Waals surface area contributed by atoms with E-state index in [1.54, 1.807) is 38.1 Å². The van der Waals surface area contributed by atoms with Crippen LogP contribution in [0.4, 0.5) is 4.39 Å². The molecule has 4 aromatic rings. The average Bonchev–Trinajstić information content (AvgIpc) is 3.25. The molecule has 5 rings (SSSR count). The minimum absolute atomic E-state index is 0.166. The first kappa shape index (κ1) is 27.2. The fraction of sp³-hybridized carbons (Fsp3) is 0.179.